The van der Waals surface area contributed by atoms with E-state index in [1.54, 1.807) is 4.90 Å². The Labute approximate surface area is 131 Å². The number of carbonyl (C=O) groups is 2. The molecule has 1 aromatic carbocycles. The van der Waals surface area contributed by atoms with E-state index in [0.717, 1.165) is 6.42 Å². The van der Waals surface area contributed by atoms with Crippen molar-refractivity contribution in [2.75, 3.05) is 13.1 Å². The SMILES string of the molecule is CCN(CCc1ccccc1)C(=O)CC[C@H](N)C(=O)O.Cl. The van der Waals surface area contributed by atoms with Crippen LogP contribution in [-0.4, -0.2) is 41.0 Å². The number of hydrogen-bond acceptors (Lipinski definition) is 3. The number of benzene rings is 1. The molecule has 21 heavy (non-hydrogen) atoms. The first-order valence-corrected chi connectivity index (χ1v) is 6.84. The molecule has 0 aromatic heterocycles. The maximum Gasteiger partial charge on any atom is 0.320 e. The van der Waals surface area contributed by atoms with Crippen LogP contribution in [0.25, 0.3) is 0 Å². The molecular weight excluding hydrogens is 292 g/mol. The molecule has 0 unspecified atom stereocenters. The van der Waals surface area contributed by atoms with Crippen LogP contribution in [0.1, 0.15) is 25.3 Å². The monoisotopic (exact) mass is 314 g/mol. The van der Waals surface area contributed by atoms with Crippen molar-refractivity contribution in [3.05, 3.63) is 35.9 Å². The van der Waals surface area contributed by atoms with E-state index >= 15 is 0 Å². The lowest BCUT2D eigenvalue weighted by atomic mass is 10.1. The van der Waals surface area contributed by atoms with Gasteiger partial charge in [0.2, 0.25) is 5.91 Å². The predicted octanol–water partition coefficient (Wildman–Crippen LogP) is 1.69. The highest BCUT2D eigenvalue weighted by Crippen LogP contribution is 2.05. The summed E-state index contributed by atoms with van der Waals surface area (Å²) in [6.07, 6.45) is 1.15. The second-order valence-electron chi connectivity index (χ2n) is 4.69. The Morgan fingerprint density at radius 3 is 2.43 bits per heavy atom. The number of nitrogens with two attached hydrogens (primary N) is 1. The van der Waals surface area contributed by atoms with Gasteiger partial charge in [-0.25, -0.2) is 0 Å². The Morgan fingerprint density at radius 1 is 1.29 bits per heavy atom. The van der Waals surface area contributed by atoms with Crippen LogP contribution in [0, 0.1) is 0 Å². The van der Waals surface area contributed by atoms with Gasteiger partial charge in [0, 0.05) is 19.5 Å². The van der Waals surface area contributed by atoms with Crippen LogP contribution in [0.5, 0.6) is 0 Å². The number of carboxylic acids is 1. The topological polar surface area (TPSA) is 83.6 Å². The summed E-state index contributed by atoms with van der Waals surface area (Å²) in [5.74, 6) is -1.11. The van der Waals surface area contributed by atoms with Gasteiger partial charge >= 0.3 is 5.97 Å². The molecular formula is C15H23ClN2O3. The molecule has 0 aliphatic rings. The Bertz CT molecular complexity index is 440. The fraction of sp³-hybridized carbons (Fsp3) is 0.467. The normalized spacial score (nSPS) is 11.3. The lowest BCUT2D eigenvalue weighted by molar-refractivity contribution is -0.139. The van der Waals surface area contributed by atoms with Crippen molar-refractivity contribution in [2.45, 2.75) is 32.2 Å². The van der Waals surface area contributed by atoms with E-state index in [-0.39, 0.29) is 31.2 Å². The number of hydrogen-bond donors (Lipinski definition) is 2. The minimum Gasteiger partial charge on any atom is -0.480 e. The maximum absolute atomic E-state index is 12.0. The second-order valence-corrected chi connectivity index (χ2v) is 4.69. The highest BCUT2D eigenvalue weighted by molar-refractivity contribution is 5.85. The molecule has 0 saturated heterocycles. The van der Waals surface area contributed by atoms with Gasteiger partial charge < -0.3 is 15.7 Å². The summed E-state index contributed by atoms with van der Waals surface area (Å²) >= 11 is 0. The minimum absolute atomic E-state index is 0. The molecule has 0 radical (unpaired) electrons. The van der Waals surface area contributed by atoms with Crippen molar-refractivity contribution in [2.24, 2.45) is 5.73 Å². The lowest BCUT2D eigenvalue weighted by Crippen LogP contribution is -2.36. The standard InChI is InChI=1S/C15H22N2O3.ClH/c1-2-17(11-10-12-6-4-3-5-7-12)14(18)9-8-13(16)15(19)20;/h3-7,13H,2,8-11,16H2,1H3,(H,19,20);1H/t13-;/m0./s1. The first-order chi connectivity index (χ1) is 9.54. The molecule has 6 heteroatoms. The number of aliphatic carboxylic acids is 1. The van der Waals surface area contributed by atoms with Gasteiger partial charge in [-0.2, -0.15) is 0 Å². The molecule has 1 aromatic rings. The van der Waals surface area contributed by atoms with Crippen LogP contribution in [0.15, 0.2) is 30.3 Å². The van der Waals surface area contributed by atoms with Crippen molar-refractivity contribution < 1.29 is 14.7 Å². The van der Waals surface area contributed by atoms with E-state index in [1.807, 2.05) is 37.3 Å². The Balaban J connectivity index is 0.00000400. The molecule has 0 bridgehead atoms. The number of halogens is 1. The third-order valence-electron chi connectivity index (χ3n) is 3.23. The summed E-state index contributed by atoms with van der Waals surface area (Å²) in [7, 11) is 0. The van der Waals surface area contributed by atoms with Gasteiger partial charge in [-0.3, -0.25) is 9.59 Å². The number of likely N-dealkylation sites (N-methyl/N-ethyl adjacent to an activating group) is 1. The van der Waals surface area contributed by atoms with Gasteiger partial charge in [0.15, 0.2) is 0 Å². The molecule has 3 N–H and O–H groups in total. The van der Waals surface area contributed by atoms with Crippen molar-refractivity contribution >= 4 is 24.3 Å². The largest absolute Gasteiger partial charge is 0.480 e. The summed E-state index contributed by atoms with van der Waals surface area (Å²) < 4.78 is 0. The molecule has 5 nitrogen and oxygen atoms in total. The van der Waals surface area contributed by atoms with Crippen LogP contribution in [0.4, 0.5) is 0 Å². The smallest absolute Gasteiger partial charge is 0.320 e. The summed E-state index contributed by atoms with van der Waals surface area (Å²) in [5, 5.41) is 8.69. The third kappa shape index (κ3) is 7.11. The minimum atomic E-state index is -1.06. The van der Waals surface area contributed by atoms with Gasteiger partial charge in [0.1, 0.15) is 6.04 Å². The van der Waals surface area contributed by atoms with E-state index in [0.29, 0.717) is 13.1 Å². The summed E-state index contributed by atoms with van der Waals surface area (Å²) in [5.41, 5.74) is 6.58. The molecule has 0 aliphatic heterocycles. The average Bonchev–Trinajstić information content (AvgIpc) is 2.46. The predicted molar refractivity (Wildman–Crippen MR) is 84.5 cm³/mol. The molecule has 118 valence electrons. The van der Waals surface area contributed by atoms with Crippen LogP contribution >= 0.6 is 12.4 Å². The zero-order chi connectivity index (χ0) is 15.0. The first kappa shape index (κ1) is 19.4. The molecule has 0 saturated carbocycles. The highest BCUT2D eigenvalue weighted by Gasteiger charge is 2.16. The number of carboxylic acid groups (broad SMARTS) is 1. The summed E-state index contributed by atoms with van der Waals surface area (Å²) in [6.45, 7) is 3.18. The third-order valence-corrected chi connectivity index (χ3v) is 3.23. The Hall–Kier alpha value is -1.59. The molecule has 0 heterocycles. The van der Waals surface area contributed by atoms with Crippen molar-refractivity contribution in [1.82, 2.24) is 4.90 Å². The Kier molecular flexibility index (Phi) is 9.41. The highest BCUT2D eigenvalue weighted by atomic mass is 35.5. The molecule has 0 fully saturated rings. The molecule has 0 spiro atoms. The quantitative estimate of drug-likeness (QED) is 0.765. The van der Waals surface area contributed by atoms with Crippen LogP contribution in [0.2, 0.25) is 0 Å². The van der Waals surface area contributed by atoms with E-state index < -0.39 is 12.0 Å². The van der Waals surface area contributed by atoms with Crippen molar-refractivity contribution in [3.63, 3.8) is 0 Å². The second kappa shape index (κ2) is 10.2. The summed E-state index contributed by atoms with van der Waals surface area (Å²) in [6, 6.07) is 8.99. The number of amides is 1. The average molecular weight is 315 g/mol. The number of carbonyl (C=O) groups excluding carboxylic acids is 1. The number of nitrogens with zero attached hydrogens (tertiary/aromatic N) is 1. The van der Waals surface area contributed by atoms with E-state index in [9.17, 15) is 9.59 Å². The lowest BCUT2D eigenvalue weighted by Gasteiger charge is -2.21. The van der Waals surface area contributed by atoms with E-state index in [1.165, 1.54) is 5.56 Å². The van der Waals surface area contributed by atoms with Gasteiger partial charge in [-0.1, -0.05) is 30.3 Å². The molecule has 1 amide bonds. The molecule has 0 aliphatic carbocycles. The first-order valence-electron chi connectivity index (χ1n) is 6.84. The summed E-state index contributed by atoms with van der Waals surface area (Å²) in [4.78, 5) is 24.3. The fourth-order valence-corrected chi connectivity index (χ4v) is 1.93. The zero-order valence-corrected chi connectivity index (χ0v) is 13.0. The molecule has 1 atom stereocenters. The van der Waals surface area contributed by atoms with Crippen molar-refractivity contribution in [1.29, 1.82) is 0 Å². The maximum atomic E-state index is 12.0. The molecule has 1 rings (SSSR count). The number of rotatable bonds is 8. The van der Waals surface area contributed by atoms with Crippen molar-refractivity contribution in [3.8, 4) is 0 Å². The van der Waals surface area contributed by atoms with Gasteiger partial charge in [-0.05, 0) is 25.3 Å². The van der Waals surface area contributed by atoms with Gasteiger partial charge in [0.05, 0.1) is 0 Å². The zero-order valence-electron chi connectivity index (χ0n) is 12.2. The van der Waals surface area contributed by atoms with Crippen LogP contribution < -0.4 is 5.73 Å². The van der Waals surface area contributed by atoms with Crippen LogP contribution in [-0.2, 0) is 16.0 Å². The van der Waals surface area contributed by atoms with E-state index in [2.05, 4.69) is 0 Å². The van der Waals surface area contributed by atoms with E-state index in [4.69, 9.17) is 10.8 Å². The fourth-order valence-electron chi connectivity index (χ4n) is 1.93. The van der Waals surface area contributed by atoms with Gasteiger partial charge in [-0.15, -0.1) is 12.4 Å². The van der Waals surface area contributed by atoms with Crippen LogP contribution in [0.3, 0.4) is 0 Å². The van der Waals surface area contributed by atoms with Gasteiger partial charge in [0.25, 0.3) is 0 Å². The Morgan fingerprint density at radius 2 is 1.90 bits per heavy atom.